The van der Waals surface area contributed by atoms with Gasteiger partial charge in [0.2, 0.25) is 0 Å². The number of aliphatic hydroxyl groups excluding tert-OH is 1. The van der Waals surface area contributed by atoms with Crippen LogP contribution in [0.25, 0.3) is 0 Å². The molecular formula is C46H64FN5O10. The highest BCUT2D eigenvalue weighted by molar-refractivity contribution is 6.08. The van der Waals surface area contributed by atoms with Crippen LogP contribution in [-0.4, -0.2) is 129 Å². The summed E-state index contributed by atoms with van der Waals surface area (Å²) in [6, 6.07) is 7.11. The van der Waals surface area contributed by atoms with Crippen LogP contribution < -0.4 is 5.32 Å². The van der Waals surface area contributed by atoms with Crippen LogP contribution in [0.1, 0.15) is 85.8 Å². The van der Waals surface area contributed by atoms with Crippen molar-refractivity contribution >= 4 is 23.6 Å². The highest BCUT2D eigenvalue weighted by atomic mass is 19.1. The Balaban J connectivity index is 1.57. The lowest BCUT2D eigenvalue weighted by atomic mass is 9.76. The fourth-order valence-corrected chi connectivity index (χ4v) is 9.13. The minimum absolute atomic E-state index is 0.0292. The number of cyclic esters (lactones) is 1. The molecule has 0 radical (unpaired) electrons. The number of ether oxygens (including phenoxy) is 5. The molecule has 3 aliphatic heterocycles. The third-order valence-corrected chi connectivity index (χ3v) is 12.5. The summed E-state index contributed by atoms with van der Waals surface area (Å²) in [6.45, 7) is 17.6. The molecule has 0 aromatic carbocycles. The predicted molar refractivity (Wildman–Crippen MR) is 227 cm³/mol. The molecule has 15 nitrogen and oxygen atoms in total. The lowest BCUT2D eigenvalue weighted by Crippen LogP contribution is -2.60. The molecule has 11 atom stereocenters. The van der Waals surface area contributed by atoms with Gasteiger partial charge in [-0.2, -0.15) is 0 Å². The Kier molecular flexibility index (Phi) is 16.0. The number of nitrogens with zero attached hydrogens (tertiary/aromatic N) is 4. The van der Waals surface area contributed by atoms with Crippen LogP contribution in [0.4, 0.5) is 9.18 Å². The van der Waals surface area contributed by atoms with E-state index in [1.54, 1.807) is 58.6 Å². The van der Waals surface area contributed by atoms with Gasteiger partial charge >= 0.3 is 12.1 Å². The van der Waals surface area contributed by atoms with E-state index in [0.29, 0.717) is 32.6 Å². The van der Waals surface area contributed by atoms with Gasteiger partial charge in [0.1, 0.15) is 12.2 Å². The molecule has 0 saturated carbocycles. The van der Waals surface area contributed by atoms with E-state index in [1.165, 1.54) is 25.9 Å². The third kappa shape index (κ3) is 10.5. The summed E-state index contributed by atoms with van der Waals surface area (Å²) in [7, 11) is 1.38. The molecule has 0 aliphatic carbocycles. The van der Waals surface area contributed by atoms with Crippen LogP contribution in [-0.2, 0) is 51.2 Å². The van der Waals surface area contributed by atoms with Gasteiger partial charge in [0.15, 0.2) is 23.5 Å². The van der Waals surface area contributed by atoms with Crippen LogP contribution in [0.3, 0.4) is 0 Å². The lowest BCUT2D eigenvalue weighted by molar-refractivity contribution is -0.290. The molecule has 1 amide bonds. The highest BCUT2D eigenvalue weighted by Crippen LogP contribution is 2.44. The molecule has 5 rings (SSSR count). The van der Waals surface area contributed by atoms with Gasteiger partial charge in [0.25, 0.3) is 5.67 Å². The van der Waals surface area contributed by atoms with E-state index in [0.717, 1.165) is 18.1 Å². The van der Waals surface area contributed by atoms with Gasteiger partial charge in [-0.3, -0.25) is 29.4 Å². The number of esters is 1. The quantitative estimate of drug-likeness (QED) is 0.143. The molecule has 16 heteroatoms. The molecule has 2 N–H and O–H groups in total. The van der Waals surface area contributed by atoms with E-state index in [1.807, 2.05) is 31.2 Å². The van der Waals surface area contributed by atoms with Crippen molar-refractivity contribution in [3.63, 3.8) is 0 Å². The molecular weight excluding hydrogens is 802 g/mol. The van der Waals surface area contributed by atoms with Crippen molar-refractivity contribution in [1.82, 2.24) is 25.1 Å². The highest BCUT2D eigenvalue weighted by Gasteiger charge is 2.58. The standard InChI is InChI=1S/C46H64FN5O10/c1-11-17-50-34-22-29(4)59-41(37(34)54)61-40-31(6)39(55)45(8,47)42(56)60-35(12-2)46(9)38(30(5)36(53)28(3)23-44(40,7)58-10)52(43(57)62-46)21-20-51(26-32-15-13-18-48-24-32)27-33-16-14-19-49-25-33/h11,13-16,18-19,24-25,28-29,31,34-35,37,40-41,50,54H,1,12,17,20-23,26-27H2,2-10H3/b38-30+/t28-,29-,31+,34+,35-,37+,40-,41+,44-,45+,46-/m1/s1. The zero-order chi connectivity index (χ0) is 45.6. The van der Waals surface area contributed by atoms with Gasteiger partial charge in [-0.25, -0.2) is 14.0 Å². The second-order valence-corrected chi connectivity index (χ2v) is 17.4. The number of hydrogen-bond acceptors (Lipinski definition) is 14. The molecule has 0 spiro atoms. The summed E-state index contributed by atoms with van der Waals surface area (Å²) in [5, 5.41) is 14.7. The number of Topliss-reactive ketones (excluding diaryl/α,β-unsaturated/α-hetero) is 2. The van der Waals surface area contributed by atoms with Crippen molar-refractivity contribution < 1.29 is 52.4 Å². The fraction of sp³-hybridized carbons (Fsp3) is 0.609. The summed E-state index contributed by atoms with van der Waals surface area (Å²) < 4.78 is 47.7. The maximum atomic E-state index is 17.0. The molecule has 2 saturated heterocycles. The van der Waals surface area contributed by atoms with Crippen LogP contribution >= 0.6 is 0 Å². The van der Waals surface area contributed by atoms with Crippen LogP contribution in [0.15, 0.2) is 73.0 Å². The van der Waals surface area contributed by atoms with E-state index in [-0.39, 0.29) is 36.4 Å². The van der Waals surface area contributed by atoms with Crippen molar-refractivity contribution in [3.05, 3.63) is 84.1 Å². The second kappa shape index (κ2) is 20.4. The Hall–Kier alpha value is -4.45. The van der Waals surface area contributed by atoms with Gasteiger partial charge in [0, 0.05) is 88.1 Å². The Bertz CT molecular complexity index is 1890. The minimum Gasteiger partial charge on any atom is -0.455 e. The molecule has 340 valence electrons. The summed E-state index contributed by atoms with van der Waals surface area (Å²) >= 11 is 0. The lowest BCUT2D eigenvalue weighted by Gasteiger charge is -2.46. The molecule has 62 heavy (non-hydrogen) atoms. The zero-order valence-corrected chi connectivity index (χ0v) is 37.5. The van der Waals surface area contributed by atoms with Crippen molar-refractivity contribution in [2.24, 2.45) is 11.8 Å². The second-order valence-electron chi connectivity index (χ2n) is 17.4. The smallest absolute Gasteiger partial charge is 0.415 e. The summed E-state index contributed by atoms with van der Waals surface area (Å²) in [4.78, 5) is 69.3. The Labute approximate surface area is 364 Å². The Morgan fingerprint density at radius 3 is 2.24 bits per heavy atom. The number of aliphatic hydroxyl groups is 1. The SMILES string of the molecule is C=CCN[C@H]1C[C@@H](C)O[C@@H](O[C@@H]2[C@@H](C)C(=O)[C@](C)(F)C(=O)O[C@H](CC)[C@@]3(C)OC(=O)N(CCN(Cc4cccnc4)Cc4cccnc4)/C3=C(\C)C(=O)[C@H](C)C[C@@]2(C)OC)[C@H]1O. The summed E-state index contributed by atoms with van der Waals surface area (Å²) in [5.74, 6) is -5.28. The topological polar surface area (TPSA) is 179 Å². The largest absolute Gasteiger partial charge is 0.455 e. The van der Waals surface area contributed by atoms with Crippen LogP contribution in [0.2, 0.25) is 0 Å². The average Bonchev–Trinajstić information content (AvgIpc) is 3.51. The molecule has 5 heterocycles. The average molecular weight is 866 g/mol. The number of methoxy groups -OCH3 is 1. The van der Waals surface area contributed by atoms with E-state index in [9.17, 15) is 24.3 Å². The van der Waals surface area contributed by atoms with Gasteiger partial charge in [-0.15, -0.1) is 6.58 Å². The zero-order valence-electron chi connectivity index (χ0n) is 37.5. The van der Waals surface area contributed by atoms with Crippen molar-refractivity contribution in [1.29, 1.82) is 0 Å². The first-order valence-corrected chi connectivity index (χ1v) is 21.4. The first kappa shape index (κ1) is 48.6. The predicted octanol–water partition coefficient (Wildman–Crippen LogP) is 5.26. The third-order valence-electron chi connectivity index (χ3n) is 12.5. The number of carbonyl (C=O) groups excluding carboxylic acids is 4. The molecule has 2 aromatic heterocycles. The number of aromatic nitrogens is 2. The van der Waals surface area contributed by atoms with E-state index in [4.69, 9.17) is 23.7 Å². The van der Waals surface area contributed by atoms with Crippen molar-refractivity contribution in [3.8, 4) is 0 Å². The monoisotopic (exact) mass is 865 g/mol. The first-order valence-electron chi connectivity index (χ1n) is 21.4. The number of halogens is 1. The number of allylic oxidation sites excluding steroid dienone is 1. The Morgan fingerprint density at radius 1 is 1.06 bits per heavy atom. The van der Waals surface area contributed by atoms with Gasteiger partial charge < -0.3 is 34.1 Å². The number of ketones is 2. The number of pyridine rings is 2. The van der Waals surface area contributed by atoms with Crippen molar-refractivity contribution in [2.75, 3.05) is 26.7 Å². The summed E-state index contributed by atoms with van der Waals surface area (Å²) in [6.07, 6.45) is 2.58. The first-order chi connectivity index (χ1) is 29.3. The molecule has 2 fully saturated rings. The number of nitrogens with one attached hydrogen (secondary N) is 1. The van der Waals surface area contributed by atoms with E-state index < -0.39 is 83.3 Å². The normalized spacial score (nSPS) is 35.0. The Morgan fingerprint density at radius 2 is 1.69 bits per heavy atom. The number of hydrogen-bond donors (Lipinski definition) is 2. The van der Waals surface area contributed by atoms with Crippen LogP contribution in [0.5, 0.6) is 0 Å². The molecule has 0 bridgehead atoms. The van der Waals surface area contributed by atoms with E-state index >= 15 is 4.39 Å². The molecule has 3 aliphatic rings. The number of carbonyl (C=O) groups is 4. The maximum Gasteiger partial charge on any atom is 0.415 e. The minimum atomic E-state index is -3.22. The van der Waals surface area contributed by atoms with Crippen LogP contribution in [0, 0.1) is 11.8 Å². The van der Waals surface area contributed by atoms with E-state index in [2.05, 4.69) is 26.8 Å². The number of rotatable bonds is 14. The number of fused-ring (bicyclic) bond motifs is 1. The maximum absolute atomic E-state index is 17.0. The van der Waals surface area contributed by atoms with Gasteiger partial charge in [-0.05, 0) is 77.1 Å². The summed E-state index contributed by atoms with van der Waals surface area (Å²) in [5.41, 5.74) is -4.29. The van der Waals surface area contributed by atoms with Gasteiger partial charge in [0.05, 0.1) is 23.5 Å². The molecule has 0 unspecified atom stereocenters. The number of amides is 1. The molecule has 2 aromatic rings. The van der Waals surface area contributed by atoms with Crippen molar-refractivity contribution in [2.45, 2.75) is 141 Å². The fourth-order valence-electron chi connectivity index (χ4n) is 9.13. The number of alkyl halides is 1. The van der Waals surface area contributed by atoms with Gasteiger partial charge in [-0.1, -0.05) is 39.0 Å².